The van der Waals surface area contributed by atoms with Crippen molar-refractivity contribution in [2.75, 3.05) is 94.2 Å². The second-order valence-electron chi connectivity index (χ2n) is 4.29. The first kappa shape index (κ1) is 23.0. The molecular weight excluding hydrogens is 276 g/mol. The van der Waals surface area contributed by atoms with Crippen molar-refractivity contribution in [3.05, 3.63) is 0 Å². The molecule has 0 spiro atoms. The van der Waals surface area contributed by atoms with E-state index in [1.165, 1.54) is 13.1 Å². The van der Waals surface area contributed by atoms with Crippen molar-refractivity contribution < 1.29 is 24.1 Å². The molecule has 21 heavy (non-hydrogen) atoms. The van der Waals surface area contributed by atoms with Crippen LogP contribution in [-0.4, -0.2) is 104 Å². The molecule has 0 aliphatic carbocycles. The van der Waals surface area contributed by atoms with E-state index in [9.17, 15) is 0 Å². The summed E-state index contributed by atoms with van der Waals surface area (Å²) in [6.07, 6.45) is 0. The lowest BCUT2D eigenvalue weighted by molar-refractivity contribution is 0.103. The van der Waals surface area contributed by atoms with Crippen LogP contribution in [-0.2, 0) is 18.9 Å². The van der Waals surface area contributed by atoms with Crippen molar-refractivity contribution in [3.63, 3.8) is 0 Å². The zero-order valence-electron chi connectivity index (χ0n) is 14.1. The highest BCUT2D eigenvalue weighted by Crippen LogP contribution is 1.90. The summed E-state index contributed by atoms with van der Waals surface area (Å²) in [5, 5.41) is 11.2. The summed E-state index contributed by atoms with van der Waals surface area (Å²) < 4.78 is 18.7. The van der Waals surface area contributed by atoms with Crippen LogP contribution in [0.25, 0.3) is 0 Å². The molecule has 130 valence electrons. The van der Waals surface area contributed by atoms with Crippen LogP contribution in [0.5, 0.6) is 0 Å². The summed E-state index contributed by atoms with van der Waals surface area (Å²) in [7, 11) is 6.61. The van der Waals surface area contributed by atoms with Crippen LogP contribution in [0.4, 0.5) is 0 Å². The molecule has 0 amide bonds. The lowest BCUT2D eigenvalue weighted by Gasteiger charge is -2.26. The van der Waals surface area contributed by atoms with E-state index in [4.69, 9.17) is 9.84 Å². The lowest BCUT2D eigenvalue weighted by atomic mass is 10.4. The third kappa shape index (κ3) is 22.1. The van der Waals surface area contributed by atoms with Crippen LogP contribution in [0.15, 0.2) is 0 Å². The Balaban J connectivity index is 0. The maximum atomic E-state index is 7.94. The summed E-state index contributed by atoms with van der Waals surface area (Å²) in [4.78, 5) is 2.42. The maximum absolute atomic E-state index is 7.94. The minimum Gasteiger partial charge on any atom is -0.394 e. The van der Waals surface area contributed by atoms with Crippen molar-refractivity contribution in [3.8, 4) is 0 Å². The normalized spacial score (nSPS) is 14.7. The van der Waals surface area contributed by atoms with Crippen LogP contribution in [0.1, 0.15) is 0 Å². The number of hydrogen-bond acceptors (Lipinski definition) is 7. The summed E-state index contributed by atoms with van der Waals surface area (Å²) in [5.74, 6) is 0. The van der Waals surface area contributed by atoms with Gasteiger partial charge in [-0.3, -0.25) is 4.90 Å². The van der Waals surface area contributed by atoms with E-state index in [0.717, 1.165) is 26.2 Å². The Hall–Kier alpha value is -0.280. The minimum atomic E-state index is 0.122. The van der Waals surface area contributed by atoms with Crippen molar-refractivity contribution >= 4 is 0 Å². The fourth-order valence-corrected chi connectivity index (χ4v) is 1.41. The maximum Gasteiger partial charge on any atom is 0.0696 e. The third-order valence-corrected chi connectivity index (χ3v) is 2.61. The molecule has 1 saturated heterocycles. The van der Waals surface area contributed by atoms with Crippen LogP contribution in [0.3, 0.4) is 0 Å². The van der Waals surface area contributed by atoms with Crippen molar-refractivity contribution in [2.45, 2.75) is 0 Å². The molecule has 0 saturated carbocycles. The van der Waals surface area contributed by atoms with Crippen LogP contribution in [0, 0.1) is 0 Å². The third-order valence-electron chi connectivity index (χ3n) is 2.61. The van der Waals surface area contributed by atoms with Gasteiger partial charge in [-0.1, -0.05) is 0 Å². The monoisotopic (exact) mass is 310 g/mol. The SMILES string of the molecule is COCCN1CCNCC1.COCCO.COCCOC. The Kier molecular flexibility index (Phi) is 24.1. The molecule has 2 N–H and O–H groups in total. The zero-order chi connectivity index (χ0) is 16.2. The molecule has 0 atom stereocenters. The van der Waals surface area contributed by atoms with Gasteiger partial charge in [0.2, 0.25) is 0 Å². The predicted octanol–water partition coefficient (Wildman–Crippen LogP) is -0.558. The van der Waals surface area contributed by atoms with Gasteiger partial charge in [0.1, 0.15) is 0 Å². The van der Waals surface area contributed by atoms with Crippen LogP contribution < -0.4 is 5.32 Å². The summed E-state index contributed by atoms with van der Waals surface area (Å²) in [6.45, 7) is 8.49. The number of aliphatic hydroxyl groups is 1. The number of nitrogens with one attached hydrogen (secondary N) is 1. The fraction of sp³-hybridized carbons (Fsp3) is 1.00. The largest absolute Gasteiger partial charge is 0.394 e. The van der Waals surface area contributed by atoms with Gasteiger partial charge in [0.25, 0.3) is 0 Å². The molecule has 1 fully saturated rings. The van der Waals surface area contributed by atoms with Crippen LogP contribution >= 0.6 is 0 Å². The van der Waals surface area contributed by atoms with Crippen molar-refractivity contribution in [1.82, 2.24) is 10.2 Å². The molecule has 1 aliphatic rings. The van der Waals surface area contributed by atoms with Gasteiger partial charge >= 0.3 is 0 Å². The molecule has 7 heteroatoms. The van der Waals surface area contributed by atoms with Gasteiger partial charge < -0.3 is 29.4 Å². The Morgan fingerprint density at radius 2 is 1.29 bits per heavy atom. The number of nitrogens with zero attached hydrogens (tertiary/aromatic N) is 1. The highest BCUT2D eigenvalue weighted by Gasteiger charge is 2.07. The van der Waals surface area contributed by atoms with E-state index < -0.39 is 0 Å². The molecule has 7 nitrogen and oxygen atoms in total. The van der Waals surface area contributed by atoms with E-state index >= 15 is 0 Å². The van der Waals surface area contributed by atoms with Gasteiger partial charge in [-0.25, -0.2) is 0 Å². The first-order chi connectivity index (χ1) is 10.3. The highest BCUT2D eigenvalue weighted by molar-refractivity contribution is 4.66. The molecule has 0 radical (unpaired) electrons. The molecule has 1 heterocycles. The Morgan fingerprint density at radius 1 is 0.810 bits per heavy atom. The van der Waals surface area contributed by atoms with Crippen molar-refractivity contribution in [1.29, 1.82) is 0 Å². The van der Waals surface area contributed by atoms with Crippen molar-refractivity contribution in [2.24, 2.45) is 0 Å². The molecule has 0 bridgehead atoms. The van der Waals surface area contributed by atoms with Gasteiger partial charge in [-0.2, -0.15) is 0 Å². The molecule has 0 unspecified atom stereocenters. The van der Waals surface area contributed by atoms with Crippen LogP contribution in [0.2, 0.25) is 0 Å². The second-order valence-corrected chi connectivity index (χ2v) is 4.29. The number of aliphatic hydroxyl groups excluding tert-OH is 1. The lowest BCUT2D eigenvalue weighted by Crippen LogP contribution is -2.44. The number of hydrogen-bond donors (Lipinski definition) is 2. The fourth-order valence-electron chi connectivity index (χ4n) is 1.41. The average molecular weight is 310 g/mol. The number of rotatable bonds is 8. The minimum absolute atomic E-state index is 0.122. The summed E-state index contributed by atoms with van der Waals surface area (Å²) >= 11 is 0. The average Bonchev–Trinajstić information content (AvgIpc) is 2.54. The Labute approximate surface area is 129 Å². The second kappa shape index (κ2) is 22.0. The quantitative estimate of drug-likeness (QED) is 0.582. The first-order valence-corrected chi connectivity index (χ1v) is 7.26. The smallest absolute Gasteiger partial charge is 0.0696 e. The molecule has 0 aromatic carbocycles. The Bertz CT molecular complexity index is 163. The molecule has 0 aromatic heterocycles. The van der Waals surface area contributed by atoms with E-state index in [1.54, 1.807) is 28.4 Å². The number of methoxy groups -OCH3 is 4. The topological polar surface area (TPSA) is 72.4 Å². The number of ether oxygens (including phenoxy) is 4. The highest BCUT2D eigenvalue weighted by atomic mass is 16.5. The van der Waals surface area contributed by atoms with Gasteiger partial charge in [0.05, 0.1) is 33.0 Å². The van der Waals surface area contributed by atoms with Gasteiger partial charge in [-0.15, -0.1) is 0 Å². The van der Waals surface area contributed by atoms with E-state index in [0.29, 0.717) is 19.8 Å². The molecular formula is C14H34N2O5. The van der Waals surface area contributed by atoms with Gasteiger partial charge in [-0.05, 0) is 0 Å². The molecule has 1 aliphatic heterocycles. The molecule has 0 aromatic rings. The van der Waals surface area contributed by atoms with Gasteiger partial charge in [0, 0.05) is 61.2 Å². The van der Waals surface area contributed by atoms with E-state index in [1.807, 2.05) is 0 Å². The standard InChI is InChI=1S/C7H16N2O.C4H10O2.C3H8O2/c1-10-7-6-9-4-2-8-3-5-9;1-5-3-4-6-2;1-5-3-2-4/h8H,2-7H2,1H3;3-4H2,1-2H3;4H,2-3H2,1H3. The predicted molar refractivity (Wildman–Crippen MR) is 83.9 cm³/mol. The first-order valence-electron chi connectivity index (χ1n) is 7.26. The zero-order valence-corrected chi connectivity index (χ0v) is 14.1. The Morgan fingerprint density at radius 3 is 1.62 bits per heavy atom. The summed E-state index contributed by atoms with van der Waals surface area (Å²) in [6, 6.07) is 0. The molecule has 1 rings (SSSR count). The number of piperazine rings is 1. The van der Waals surface area contributed by atoms with E-state index in [2.05, 4.69) is 24.4 Å². The van der Waals surface area contributed by atoms with E-state index in [-0.39, 0.29) is 6.61 Å². The van der Waals surface area contributed by atoms with Gasteiger partial charge in [0.15, 0.2) is 0 Å². The summed E-state index contributed by atoms with van der Waals surface area (Å²) in [5.41, 5.74) is 0.